The van der Waals surface area contributed by atoms with Crippen LogP contribution in [-0.2, 0) is 67.6 Å². The van der Waals surface area contributed by atoms with Crippen molar-refractivity contribution in [3.05, 3.63) is 162 Å². The summed E-state index contributed by atoms with van der Waals surface area (Å²) in [6.45, 7) is 9.56. The lowest BCUT2D eigenvalue weighted by Gasteiger charge is -2.34. The summed E-state index contributed by atoms with van der Waals surface area (Å²) < 4.78 is 26.1. The first-order chi connectivity index (χ1) is 50.4. The molecule has 3 aliphatic heterocycles. The number of carbonyl (C=O) groups excluding carboxylic acids is 9. The minimum Gasteiger partial charge on any atom is -0.508 e. The summed E-state index contributed by atoms with van der Waals surface area (Å²) in [6.07, 6.45) is 6.05. The Morgan fingerprint density at radius 1 is 0.679 bits per heavy atom. The largest absolute Gasteiger partial charge is 0.508 e. The van der Waals surface area contributed by atoms with Crippen LogP contribution in [0.15, 0.2) is 145 Å². The summed E-state index contributed by atoms with van der Waals surface area (Å²) in [5.41, 5.74) is 20.8. The molecule has 7 aromatic rings. The van der Waals surface area contributed by atoms with Gasteiger partial charge in [-0.3, -0.25) is 48.1 Å². The van der Waals surface area contributed by atoms with Crippen LogP contribution >= 0.6 is 34.0 Å². The number of aromatic nitrogens is 3. The van der Waals surface area contributed by atoms with Crippen molar-refractivity contribution in [2.75, 3.05) is 62.2 Å². The number of rotatable bonds is 23. The van der Waals surface area contributed by atoms with Gasteiger partial charge in [-0.2, -0.15) is 0 Å². The van der Waals surface area contributed by atoms with Gasteiger partial charge in [0, 0.05) is 86.6 Å². The van der Waals surface area contributed by atoms with Crippen LogP contribution in [-0.4, -0.2) is 208 Å². The fourth-order valence-corrected chi connectivity index (χ4v) is 16.3. The zero-order valence-electron chi connectivity index (χ0n) is 59.1. The number of H-pyrrole nitrogens is 1. The molecule has 0 radical (unpaired) electrons. The van der Waals surface area contributed by atoms with E-state index in [1.165, 1.54) is 25.1 Å². The number of halogens is 1. The lowest BCUT2D eigenvalue weighted by molar-refractivity contribution is -0.136. The van der Waals surface area contributed by atoms with E-state index >= 15 is 0 Å². The average Bonchev–Trinajstić information content (AvgIpc) is 1.60. The highest BCUT2D eigenvalue weighted by Gasteiger charge is 2.41. The summed E-state index contributed by atoms with van der Waals surface area (Å²) in [5.74, 6) is -7.31. The molecule has 33 heteroatoms. The number of para-hydroxylation sites is 1. The van der Waals surface area contributed by atoms with Crippen LogP contribution in [0.2, 0.25) is 0 Å². The Morgan fingerprint density at radius 2 is 1.30 bits per heavy atom. The average molecular weight is 1530 g/mol. The Labute approximate surface area is 629 Å². The summed E-state index contributed by atoms with van der Waals surface area (Å²) in [4.78, 5) is 142. The molecule has 0 saturated carbocycles. The Bertz CT molecular complexity index is 4310. The second-order valence-corrected chi connectivity index (χ2v) is 30.8. The number of carbonyl (C=O) groups is 9. The smallest absolute Gasteiger partial charge is 0.269 e. The van der Waals surface area contributed by atoms with Gasteiger partial charge in [-0.25, -0.2) is 22.7 Å². The molecule has 0 aliphatic carbocycles. The van der Waals surface area contributed by atoms with E-state index in [4.69, 9.17) is 17.2 Å². The summed E-state index contributed by atoms with van der Waals surface area (Å²) in [7, 11) is -1.66. The summed E-state index contributed by atoms with van der Waals surface area (Å²) in [5, 5.41) is 42.1. The molecule has 5 aromatic carbocycles. The van der Waals surface area contributed by atoms with Crippen LogP contribution in [0, 0.1) is 5.92 Å². The van der Waals surface area contributed by atoms with Crippen LogP contribution in [0.4, 0.5) is 5.95 Å². The number of primary amides is 1. The van der Waals surface area contributed by atoms with Gasteiger partial charge >= 0.3 is 0 Å². The standard InChI is InChI=1S/C54H69N11O10S2.C19H23N5O3S.ClH/c1-29(2)45-54(75)63-44(53(74)65-46(30(3)66)47(57)68)28-77-76-27-43(62-48(69)38(56)23-32-15-18-33-10-4-5-11-34(33)22-32)52(73)60-41(24-31-16-19-36(67)20-17-31)50(71)61-42(25-35-26-58-39-13-7-6-12-37(35)39)51(72)59-40(49(70)64-45)14-8-9-21-55;25-18-16-6-1-2-7-17(16)28(26,27)24(18)11-4-3-10-22-12-14-23(15-13-22)19-20-8-5-9-21-19;/h4-7,10-13,15-20,22,26,29-30,38,40-46,58,66-67H,8-9,14,21,23-25,27-28,55-56H2,1-3H3,(H2,57,68)(H,59,72)(H,60,73)(H,61,71)(H,62,69)(H,63,75)(H,64,70)(H,65,74);1-2,5-9H,3-4,10-15H2;1H/t30-,38-,40+,41+,42-,43+,44+,45+,46+;;/m1../s1. The number of aromatic amines is 1. The van der Waals surface area contributed by atoms with Crippen molar-refractivity contribution >= 4 is 125 Å². The minimum atomic E-state index is -3.69. The van der Waals surface area contributed by atoms with E-state index < -0.39 is 124 Å². The van der Waals surface area contributed by atoms with E-state index in [0.29, 0.717) is 30.4 Å². The number of hydrogen-bond donors (Lipinski definition) is 13. The molecule has 0 spiro atoms. The zero-order chi connectivity index (χ0) is 75.3. The molecule has 9 amide bonds. The number of sulfonamides is 1. The molecular formula is C73H93ClN16O13S3. The van der Waals surface area contributed by atoms with Crippen LogP contribution in [0.1, 0.15) is 79.9 Å². The highest BCUT2D eigenvalue weighted by atomic mass is 35.5. The van der Waals surface area contributed by atoms with E-state index in [0.717, 1.165) is 98.2 Å². The molecule has 3 aliphatic rings. The number of anilines is 1. The number of amides is 9. The van der Waals surface area contributed by atoms with Gasteiger partial charge in [0.15, 0.2) is 0 Å². The van der Waals surface area contributed by atoms with Crippen LogP contribution in [0.25, 0.3) is 21.7 Å². The predicted octanol–water partition coefficient (Wildman–Crippen LogP) is 2.47. The van der Waals surface area contributed by atoms with E-state index in [1.54, 1.807) is 62.8 Å². The number of phenolic OH excluding ortho intramolecular Hbond substituents is 1. The maximum Gasteiger partial charge on any atom is 0.269 e. The van der Waals surface area contributed by atoms with Crippen molar-refractivity contribution in [1.82, 2.24) is 61.4 Å². The lowest BCUT2D eigenvalue weighted by atomic mass is 10.00. The molecule has 0 unspecified atom stereocenters. The number of aromatic hydroxyl groups is 1. The topological polar surface area (TPSA) is 442 Å². The number of benzene rings is 5. The molecule has 0 bridgehead atoms. The molecule has 2 fully saturated rings. The number of hydrogen-bond acceptors (Lipinski definition) is 21. The SMILES string of the molecule is CC(C)[C@@H]1NC(=O)[C@H](CCCCN)NC(=O)[C@@H](Cc2c[nH]c3ccccc23)NC(=O)[C@H](Cc2ccc(O)cc2)NC(=O)[C@@H](NC(=O)[C@H](N)Cc2ccc3ccccc3c2)CSSC[C@@H](C(=O)N[C@H](C(N)=O)[C@@H](C)O)NC1=O.Cl.O=C1c2ccccc2S(=O)(=O)N1CCCCN1CCN(c2ncccn2)CC1. The van der Waals surface area contributed by atoms with E-state index in [9.17, 15) is 61.8 Å². The maximum atomic E-state index is 14.9. The lowest BCUT2D eigenvalue weighted by Crippen LogP contribution is -2.62. The molecule has 10 rings (SSSR count). The zero-order valence-corrected chi connectivity index (χ0v) is 62.3. The molecule has 5 heterocycles. The van der Waals surface area contributed by atoms with Gasteiger partial charge in [0.25, 0.3) is 15.9 Å². The van der Waals surface area contributed by atoms with Crippen LogP contribution in [0.5, 0.6) is 5.75 Å². The normalized spacial score (nSPS) is 20.7. The van der Waals surface area contributed by atoms with Crippen LogP contribution < -0.4 is 59.3 Å². The second kappa shape index (κ2) is 39.3. The number of nitrogens with one attached hydrogen (secondary N) is 8. The molecule has 2 aromatic heterocycles. The highest BCUT2D eigenvalue weighted by molar-refractivity contribution is 8.76. The summed E-state index contributed by atoms with van der Waals surface area (Å²) >= 11 is 0. The molecule has 9 atom stereocenters. The first kappa shape index (κ1) is 82.2. The summed E-state index contributed by atoms with van der Waals surface area (Å²) in [6, 6.07) is 24.0. The molecular weight excluding hydrogens is 1440 g/mol. The van der Waals surface area contributed by atoms with E-state index in [2.05, 4.69) is 62.0 Å². The molecule has 106 heavy (non-hydrogen) atoms. The Morgan fingerprint density at radius 3 is 1.99 bits per heavy atom. The van der Waals surface area contributed by atoms with Crippen molar-refractivity contribution in [3.8, 4) is 5.75 Å². The first-order valence-electron chi connectivity index (χ1n) is 34.9. The number of piperazine rings is 1. The van der Waals surface area contributed by atoms with E-state index in [-0.39, 0.29) is 78.9 Å². The number of aliphatic hydroxyl groups is 1. The highest BCUT2D eigenvalue weighted by Crippen LogP contribution is 2.31. The Hall–Kier alpha value is -9.41. The maximum absolute atomic E-state index is 14.9. The van der Waals surface area contributed by atoms with Gasteiger partial charge < -0.3 is 74.5 Å². The third-order valence-electron chi connectivity index (χ3n) is 18.3. The van der Waals surface area contributed by atoms with Gasteiger partial charge in [0.05, 0.1) is 17.7 Å². The third-order valence-corrected chi connectivity index (χ3v) is 22.5. The number of unbranched alkanes of at least 4 members (excludes halogenated alkanes) is 2. The number of fused-ring (bicyclic) bond motifs is 3. The second-order valence-electron chi connectivity index (χ2n) is 26.4. The van der Waals surface area contributed by atoms with Gasteiger partial charge in [-0.1, -0.05) is 120 Å². The fraction of sp³-hybridized carbons (Fsp3) is 0.411. The van der Waals surface area contributed by atoms with Crippen LogP contribution in [0.3, 0.4) is 0 Å². The monoisotopic (exact) mass is 1530 g/mol. The minimum absolute atomic E-state index is 0. The van der Waals surface area contributed by atoms with Gasteiger partial charge in [-0.05, 0) is 128 Å². The van der Waals surface area contributed by atoms with Crippen molar-refractivity contribution in [3.63, 3.8) is 0 Å². The third kappa shape index (κ3) is 22.3. The van der Waals surface area contributed by atoms with Crippen molar-refractivity contribution in [2.45, 2.75) is 131 Å². The number of nitrogens with two attached hydrogens (primary N) is 3. The quantitative estimate of drug-likeness (QED) is 0.0323. The number of aliphatic hydroxyl groups excluding tert-OH is 1. The number of nitrogens with zero attached hydrogens (tertiary/aromatic N) is 5. The van der Waals surface area contributed by atoms with Gasteiger partial charge in [0.2, 0.25) is 53.2 Å². The predicted molar refractivity (Wildman–Crippen MR) is 408 cm³/mol. The van der Waals surface area contributed by atoms with Crippen molar-refractivity contribution in [2.24, 2.45) is 23.1 Å². The van der Waals surface area contributed by atoms with Crippen molar-refractivity contribution < 1.29 is 61.8 Å². The number of phenols is 1. The van der Waals surface area contributed by atoms with Crippen molar-refractivity contribution in [1.29, 1.82) is 0 Å². The molecule has 2 saturated heterocycles. The van der Waals surface area contributed by atoms with E-state index in [1.807, 2.05) is 72.8 Å². The van der Waals surface area contributed by atoms with Gasteiger partial charge in [-0.15, -0.1) is 12.4 Å². The Balaban J connectivity index is 0.000000405. The fourth-order valence-electron chi connectivity index (χ4n) is 12.4. The Kier molecular flexibility index (Phi) is 30.5. The molecule has 29 nitrogen and oxygen atoms in total. The van der Waals surface area contributed by atoms with Gasteiger partial charge in [0.1, 0.15) is 52.9 Å². The first-order valence-corrected chi connectivity index (χ1v) is 38.8. The molecule has 568 valence electrons. The molecule has 16 N–H and O–H groups in total.